The van der Waals surface area contributed by atoms with Gasteiger partial charge in [0.1, 0.15) is 18.9 Å². The minimum atomic E-state index is -0.102. The van der Waals surface area contributed by atoms with Gasteiger partial charge >= 0.3 is 0 Å². The molecule has 4 heterocycles. The van der Waals surface area contributed by atoms with E-state index in [1.54, 1.807) is 0 Å². The Hall–Kier alpha value is -2.54. The third kappa shape index (κ3) is 1.70. The maximum absolute atomic E-state index is 11.8. The number of benzene rings is 1. The van der Waals surface area contributed by atoms with E-state index in [0.29, 0.717) is 6.61 Å². The quantitative estimate of drug-likeness (QED) is 0.818. The topological polar surface area (TPSA) is 70.9 Å². The number of hydrazone groups is 1. The summed E-state index contributed by atoms with van der Waals surface area (Å²) in [4.78, 5) is 13.8. The van der Waals surface area contributed by atoms with Crippen molar-refractivity contribution in [1.82, 2.24) is 15.3 Å². The fourth-order valence-electron chi connectivity index (χ4n) is 3.86. The summed E-state index contributed by atoms with van der Waals surface area (Å²) in [7, 11) is 0. The van der Waals surface area contributed by atoms with Gasteiger partial charge in [-0.3, -0.25) is 4.79 Å². The SMILES string of the molecule is Cc1c2c(cc3c1ccn3C1(C)CNC1)N1CC(=O)NN=C1CO2. The first kappa shape index (κ1) is 13.9. The standard InChI is InChI=1S/C17H19N5O2/c1-10-11-3-4-22(17(2)8-18-9-17)12(11)5-13-16(10)24-7-14-19-20-15(23)6-21(13)14/h3-5,18H,6-9H2,1-2H3,(H,20,23). The van der Waals surface area contributed by atoms with Crippen LogP contribution in [-0.4, -0.2) is 42.6 Å². The zero-order valence-electron chi connectivity index (χ0n) is 13.7. The molecule has 0 radical (unpaired) electrons. The first-order valence-electron chi connectivity index (χ1n) is 8.18. The Bertz CT molecular complexity index is 909. The summed E-state index contributed by atoms with van der Waals surface area (Å²) < 4.78 is 8.29. The maximum atomic E-state index is 11.8. The van der Waals surface area contributed by atoms with Crippen LogP contribution in [0, 0.1) is 6.92 Å². The van der Waals surface area contributed by atoms with E-state index in [4.69, 9.17) is 4.74 Å². The van der Waals surface area contributed by atoms with E-state index in [1.807, 2.05) is 4.90 Å². The Morgan fingerprint density at radius 3 is 2.96 bits per heavy atom. The molecule has 24 heavy (non-hydrogen) atoms. The number of fused-ring (bicyclic) bond motifs is 4. The molecule has 1 fully saturated rings. The molecule has 3 aliphatic rings. The molecule has 5 rings (SSSR count). The summed E-state index contributed by atoms with van der Waals surface area (Å²) in [6, 6.07) is 4.29. The molecule has 7 nitrogen and oxygen atoms in total. The first-order valence-corrected chi connectivity index (χ1v) is 8.18. The molecule has 0 saturated carbocycles. The summed E-state index contributed by atoms with van der Waals surface area (Å²) in [6.07, 6.45) is 2.15. The lowest BCUT2D eigenvalue weighted by molar-refractivity contribution is -0.119. The number of rotatable bonds is 1. The number of ether oxygens (including phenoxy) is 1. The normalized spacial score (nSPS) is 21.3. The number of aromatic nitrogens is 1. The lowest BCUT2D eigenvalue weighted by Crippen LogP contribution is -2.58. The van der Waals surface area contributed by atoms with Crippen LogP contribution >= 0.6 is 0 Å². The second-order valence-corrected chi connectivity index (χ2v) is 7.01. The Labute approximate surface area is 139 Å². The average Bonchev–Trinajstić information content (AvgIpc) is 2.97. The molecular formula is C17H19N5O2. The van der Waals surface area contributed by atoms with Crippen molar-refractivity contribution in [3.63, 3.8) is 0 Å². The molecule has 124 valence electrons. The van der Waals surface area contributed by atoms with Gasteiger partial charge < -0.3 is 19.5 Å². The van der Waals surface area contributed by atoms with Crippen molar-refractivity contribution in [3.05, 3.63) is 23.9 Å². The average molecular weight is 325 g/mol. The summed E-state index contributed by atoms with van der Waals surface area (Å²) in [5.74, 6) is 1.50. The van der Waals surface area contributed by atoms with Crippen molar-refractivity contribution in [2.45, 2.75) is 19.4 Å². The fourth-order valence-corrected chi connectivity index (χ4v) is 3.86. The highest BCUT2D eigenvalue weighted by Crippen LogP contribution is 2.42. The smallest absolute Gasteiger partial charge is 0.260 e. The minimum absolute atomic E-state index is 0.0914. The predicted molar refractivity (Wildman–Crippen MR) is 91.6 cm³/mol. The van der Waals surface area contributed by atoms with E-state index in [2.05, 4.69) is 52.6 Å². The van der Waals surface area contributed by atoms with Gasteiger partial charge in [-0.25, -0.2) is 5.43 Å². The molecule has 0 aliphatic carbocycles. The zero-order valence-corrected chi connectivity index (χ0v) is 13.7. The van der Waals surface area contributed by atoms with Gasteiger partial charge in [-0.2, -0.15) is 5.10 Å². The Balaban J connectivity index is 1.74. The van der Waals surface area contributed by atoms with Crippen molar-refractivity contribution in [3.8, 4) is 5.75 Å². The number of anilines is 1. The Morgan fingerprint density at radius 2 is 2.21 bits per heavy atom. The number of nitrogens with one attached hydrogen (secondary N) is 2. The fraction of sp³-hybridized carbons (Fsp3) is 0.412. The van der Waals surface area contributed by atoms with Gasteiger partial charge in [-0.1, -0.05) is 0 Å². The molecule has 2 N–H and O–H groups in total. The number of nitrogens with zero attached hydrogens (tertiary/aromatic N) is 3. The lowest BCUT2D eigenvalue weighted by Gasteiger charge is -2.42. The van der Waals surface area contributed by atoms with E-state index in [-0.39, 0.29) is 18.0 Å². The van der Waals surface area contributed by atoms with E-state index in [9.17, 15) is 4.79 Å². The van der Waals surface area contributed by atoms with Gasteiger partial charge in [0.15, 0.2) is 5.84 Å². The molecule has 0 atom stereocenters. The number of hydrogen-bond acceptors (Lipinski definition) is 5. The summed E-state index contributed by atoms with van der Waals surface area (Å²) in [5, 5.41) is 8.68. The van der Waals surface area contributed by atoms with E-state index < -0.39 is 0 Å². The molecule has 1 amide bonds. The van der Waals surface area contributed by atoms with Gasteiger partial charge in [0.05, 0.1) is 16.7 Å². The highest BCUT2D eigenvalue weighted by Gasteiger charge is 2.36. The third-order valence-corrected chi connectivity index (χ3v) is 5.33. The van der Waals surface area contributed by atoms with Crippen molar-refractivity contribution in [2.75, 3.05) is 31.1 Å². The zero-order chi connectivity index (χ0) is 16.5. The van der Waals surface area contributed by atoms with Gasteiger partial charge in [0.2, 0.25) is 0 Å². The number of aryl methyl sites for hydroxylation is 1. The van der Waals surface area contributed by atoms with Crippen molar-refractivity contribution >= 4 is 28.3 Å². The highest BCUT2D eigenvalue weighted by molar-refractivity contribution is 6.09. The van der Waals surface area contributed by atoms with E-state index in [1.165, 1.54) is 10.9 Å². The molecular weight excluding hydrogens is 306 g/mol. The summed E-state index contributed by atoms with van der Waals surface area (Å²) >= 11 is 0. The summed E-state index contributed by atoms with van der Waals surface area (Å²) in [6.45, 7) is 6.92. The van der Waals surface area contributed by atoms with Crippen molar-refractivity contribution in [1.29, 1.82) is 0 Å². The third-order valence-electron chi connectivity index (χ3n) is 5.33. The monoisotopic (exact) mass is 325 g/mol. The summed E-state index contributed by atoms with van der Waals surface area (Å²) in [5.41, 5.74) is 5.83. The number of amides is 1. The minimum Gasteiger partial charge on any atom is -0.483 e. The molecule has 1 aromatic heterocycles. The maximum Gasteiger partial charge on any atom is 0.260 e. The van der Waals surface area contributed by atoms with Crippen molar-refractivity contribution in [2.24, 2.45) is 5.10 Å². The molecule has 7 heteroatoms. The van der Waals surface area contributed by atoms with Crippen LogP contribution in [0.25, 0.3) is 10.9 Å². The van der Waals surface area contributed by atoms with Crippen LogP contribution in [0.1, 0.15) is 12.5 Å². The highest BCUT2D eigenvalue weighted by atomic mass is 16.5. The molecule has 3 aliphatic heterocycles. The van der Waals surface area contributed by atoms with Crippen LogP contribution in [0.4, 0.5) is 5.69 Å². The lowest BCUT2D eigenvalue weighted by atomic mass is 9.94. The molecule has 1 saturated heterocycles. The van der Waals surface area contributed by atoms with Crippen LogP contribution < -0.4 is 20.4 Å². The molecule has 0 spiro atoms. The first-order chi connectivity index (χ1) is 11.6. The molecule has 2 aromatic rings. The number of hydrogen-bond donors (Lipinski definition) is 2. The number of amidine groups is 1. The molecule has 1 aromatic carbocycles. The molecule has 0 unspecified atom stereocenters. The Morgan fingerprint density at radius 1 is 1.38 bits per heavy atom. The van der Waals surface area contributed by atoms with Crippen LogP contribution in [0.2, 0.25) is 0 Å². The van der Waals surface area contributed by atoms with Crippen LogP contribution in [0.3, 0.4) is 0 Å². The number of carbonyl (C=O) groups excluding carboxylic acids is 1. The predicted octanol–water partition coefficient (Wildman–Crippen LogP) is 0.910. The van der Waals surface area contributed by atoms with Gasteiger partial charge in [-0.15, -0.1) is 0 Å². The Kier molecular flexibility index (Phi) is 2.60. The van der Waals surface area contributed by atoms with Gasteiger partial charge in [-0.05, 0) is 26.0 Å². The van der Waals surface area contributed by atoms with Gasteiger partial charge in [0, 0.05) is 30.2 Å². The second kappa shape index (κ2) is 4.51. The van der Waals surface area contributed by atoms with Crippen LogP contribution in [0.15, 0.2) is 23.4 Å². The number of carbonyl (C=O) groups is 1. The van der Waals surface area contributed by atoms with Crippen LogP contribution in [-0.2, 0) is 10.3 Å². The van der Waals surface area contributed by atoms with Crippen LogP contribution in [0.5, 0.6) is 5.75 Å². The van der Waals surface area contributed by atoms with Gasteiger partial charge in [0.25, 0.3) is 5.91 Å². The molecule has 0 bridgehead atoms. The largest absolute Gasteiger partial charge is 0.483 e. The van der Waals surface area contributed by atoms with E-state index in [0.717, 1.165) is 35.9 Å². The second-order valence-electron chi connectivity index (χ2n) is 7.01. The van der Waals surface area contributed by atoms with E-state index >= 15 is 0 Å². The van der Waals surface area contributed by atoms with Crippen molar-refractivity contribution < 1.29 is 9.53 Å².